The molecule has 1 amide bonds. The van der Waals surface area contributed by atoms with Crippen LogP contribution >= 0.6 is 11.6 Å². The summed E-state index contributed by atoms with van der Waals surface area (Å²) in [4.78, 5) is 12.1. The SMILES string of the molecule is [2H]CN[C@@H](C)C(=O)Nc1ccc(OC)c(NS(=O)(=O)c2ccc(-c3ccc(C)o3)cc2Cl)c1. The molecule has 0 aliphatic carbocycles. The molecule has 0 aliphatic rings. The number of rotatable bonds is 8. The predicted octanol–water partition coefficient (Wildman–Crippen LogP) is 4.26. The van der Waals surface area contributed by atoms with Crippen LogP contribution in [0, 0.1) is 6.92 Å². The molecule has 8 nitrogen and oxygen atoms in total. The summed E-state index contributed by atoms with van der Waals surface area (Å²) in [6, 6.07) is 12.0. The van der Waals surface area contributed by atoms with Gasteiger partial charge in [0.05, 0.1) is 23.9 Å². The zero-order valence-electron chi connectivity index (χ0n) is 18.7. The highest BCUT2D eigenvalue weighted by Gasteiger charge is 2.21. The first-order chi connectivity index (χ1) is 15.6. The van der Waals surface area contributed by atoms with Gasteiger partial charge in [-0.3, -0.25) is 9.52 Å². The van der Waals surface area contributed by atoms with Gasteiger partial charge in [-0.2, -0.15) is 0 Å². The Morgan fingerprint density at radius 1 is 1.19 bits per heavy atom. The highest BCUT2D eigenvalue weighted by Crippen LogP contribution is 2.33. The third-order valence-electron chi connectivity index (χ3n) is 4.66. The molecule has 0 bridgehead atoms. The predicted molar refractivity (Wildman–Crippen MR) is 125 cm³/mol. The Morgan fingerprint density at radius 3 is 2.59 bits per heavy atom. The van der Waals surface area contributed by atoms with Crippen molar-refractivity contribution >= 4 is 38.9 Å². The summed E-state index contributed by atoms with van der Waals surface area (Å²) in [5, 5.41) is 5.38. The Labute approximate surface area is 193 Å². The summed E-state index contributed by atoms with van der Waals surface area (Å²) in [7, 11) is -2.79. The van der Waals surface area contributed by atoms with Crippen LogP contribution in [0.3, 0.4) is 0 Å². The monoisotopic (exact) mass is 478 g/mol. The van der Waals surface area contributed by atoms with Gasteiger partial charge in [-0.05, 0) is 69.4 Å². The van der Waals surface area contributed by atoms with Gasteiger partial charge in [0.1, 0.15) is 22.2 Å². The van der Waals surface area contributed by atoms with E-state index in [2.05, 4.69) is 15.4 Å². The van der Waals surface area contributed by atoms with Gasteiger partial charge in [0.2, 0.25) is 5.91 Å². The fourth-order valence-corrected chi connectivity index (χ4v) is 4.48. The van der Waals surface area contributed by atoms with Gasteiger partial charge in [0, 0.05) is 12.6 Å². The highest BCUT2D eigenvalue weighted by molar-refractivity contribution is 7.92. The zero-order valence-corrected chi connectivity index (χ0v) is 19.3. The first kappa shape index (κ1) is 22.2. The lowest BCUT2D eigenvalue weighted by molar-refractivity contribution is -0.117. The summed E-state index contributed by atoms with van der Waals surface area (Å²) in [5.74, 6) is 1.19. The molecule has 3 rings (SSSR count). The number of hydrogen-bond donors (Lipinski definition) is 3. The number of carbonyl (C=O) groups excluding carboxylic acids is 1. The first-order valence-electron chi connectivity index (χ1n) is 10.3. The number of halogens is 1. The van der Waals surface area contributed by atoms with E-state index in [-0.39, 0.29) is 34.3 Å². The fourth-order valence-electron chi connectivity index (χ4n) is 2.87. The summed E-state index contributed by atoms with van der Waals surface area (Å²) in [6.45, 7) is 3.43. The first-order valence-corrected chi connectivity index (χ1v) is 11.4. The number of ether oxygens (including phenoxy) is 1. The number of benzene rings is 2. The number of sulfonamides is 1. The largest absolute Gasteiger partial charge is 0.495 e. The molecule has 10 heteroatoms. The molecule has 1 heterocycles. The van der Waals surface area contributed by atoms with Crippen LogP contribution in [0.5, 0.6) is 5.75 Å². The maximum Gasteiger partial charge on any atom is 0.263 e. The maximum atomic E-state index is 13.1. The van der Waals surface area contributed by atoms with Crippen LogP contribution in [0.1, 0.15) is 14.1 Å². The number of methoxy groups -OCH3 is 1. The second kappa shape index (κ2) is 9.64. The van der Waals surface area contributed by atoms with Crippen LogP contribution in [0.25, 0.3) is 11.3 Å². The maximum absolute atomic E-state index is 13.1. The van der Waals surface area contributed by atoms with E-state index in [0.29, 0.717) is 17.0 Å². The molecule has 2 aromatic carbocycles. The molecule has 0 spiro atoms. The number of hydrogen-bond acceptors (Lipinski definition) is 6. The number of carbonyl (C=O) groups is 1. The average molecular weight is 479 g/mol. The summed E-state index contributed by atoms with van der Waals surface area (Å²) in [6.07, 6.45) is 0. The van der Waals surface area contributed by atoms with Crippen LogP contribution in [-0.2, 0) is 14.8 Å². The standard InChI is InChI=1S/C22H24ClN3O5S/c1-13-5-8-19(31-13)15-6-10-21(17(23)11-15)32(28,29)26-18-12-16(7-9-20(18)30-4)25-22(27)14(2)24-3/h5-12,14,24,26H,1-4H3,(H,25,27)/t14-/m0/s1/i3D. The normalized spacial score (nSPS) is 12.7. The number of likely N-dealkylation sites (N-methyl/N-ethyl adjacent to an activating group) is 1. The molecular formula is C22H24ClN3O5S. The van der Waals surface area contributed by atoms with Crippen molar-refractivity contribution in [2.45, 2.75) is 24.8 Å². The van der Waals surface area contributed by atoms with E-state index in [9.17, 15) is 13.2 Å². The number of amides is 1. The van der Waals surface area contributed by atoms with E-state index >= 15 is 0 Å². The van der Waals surface area contributed by atoms with Crippen molar-refractivity contribution in [1.29, 1.82) is 0 Å². The number of nitrogens with one attached hydrogen (secondary N) is 3. The second-order valence-corrected chi connectivity index (χ2v) is 9.05. The van der Waals surface area contributed by atoms with Crippen molar-refractivity contribution in [2.75, 3.05) is 24.2 Å². The van der Waals surface area contributed by atoms with Gasteiger partial charge >= 0.3 is 0 Å². The molecule has 3 aromatic rings. The highest BCUT2D eigenvalue weighted by atomic mass is 35.5. The second-order valence-electron chi connectivity index (χ2n) is 6.99. The Balaban J connectivity index is 1.87. The molecule has 170 valence electrons. The molecular weight excluding hydrogens is 454 g/mol. The molecule has 3 N–H and O–H groups in total. The smallest absolute Gasteiger partial charge is 0.263 e. The van der Waals surface area contributed by atoms with Gasteiger partial charge in [-0.25, -0.2) is 8.42 Å². The van der Waals surface area contributed by atoms with E-state index in [4.69, 9.17) is 22.1 Å². The van der Waals surface area contributed by atoms with Gasteiger partial charge in [-0.15, -0.1) is 0 Å². The molecule has 32 heavy (non-hydrogen) atoms. The van der Waals surface area contributed by atoms with Crippen molar-refractivity contribution in [1.82, 2.24) is 5.32 Å². The van der Waals surface area contributed by atoms with E-state index in [1.807, 2.05) is 6.92 Å². The number of aryl methyl sites for hydroxylation is 1. The molecule has 1 atom stereocenters. The van der Waals surface area contributed by atoms with E-state index < -0.39 is 16.1 Å². The minimum absolute atomic E-state index is 0.0211. The fraction of sp³-hybridized carbons (Fsp3) is 0.227. The molecule has 1 aromatic heterocycles. The Kier molecular flexibility index (Phi) is 6.69. The lowest BCUT2D eigenvalue weighted by atomic mass is 10.2. The molecule has 0 unspecified atom stereocenters. The molecule has 0 saturated heterocycles. The van der Waals surface area contributed by atoms with Gasteiger partial charge < -0.3 is 19.8 Å². The van der Waals surface area contributed by atoms with Gasteiger partial charge in [0.25, 0.3) is 10.0 Å². The summed E-state index contributed by atoms with van der Waals surface area (Å²) < 4.78 is 46.6. The molecule has 0 aliphatic heterocycles. The van der Waals surface area contributed by atoms with Crippen LogP contribution in [0.15, 0.2) is 57.8 Å². The minimum Gasteiger partial charge on any atom is -0.495 e. The van der Waals surface area contributed by atoms with Crippen molar-refractivity contribution in [3.8, 4) is 17.1 Å². The Bertz CT molecular complexity index is 1260. The molecule has 0 saturated carbocycles. The zero-order chi connectivity index (χ0) is 24.2. The third-order valence-corrected chi connectivity index (χ3v) is 6.51. The Morgan fingerprint density at radius 2 is 1.97 bits per heavy atom. The number of furan rings is 1. The van der Waals surface area contributed by atoms with Crippen molar-refractivity contribution in [3.63, 3.8) is 0 Å². The summed E-state index contributed by atoms with van der Waals surface area (Å²) >= 11 is 6.30. The van der Waals surface area contributed by atoms with Gasteiger partial charge in [0.15, 0.2) is 0 Å². The lowest BCUT2D eigenvalue weighted by Gasteiger charge is -2.16. The quantitative estimate of drug-likeness (QED) is 0.446. The topological polar surface area (TPSA) is 110 Å². The van der Waals surface area contributed by atoms with Crippen molar-refractivity contribution < 1.29 is 23.7 Å². The summed E-state index contributed by atoms with van der Waals surface area (Å²) in [5.41, 5.74) is 1.12. The molecule has 0 radical (unpaired) electrons. The van der Waals surface area contributed by atoms with Crippen molar-refractivity contribution in [3.05, 3.63) is 59.3 Å². The Hall–Kier alpha value is -3.01. The van der Waals surface area contributed by atoms with Crippen molar-refractivity contribution in [2.24, 2.45) is 0 Å². The molecule has 0 fully saturated rings. The minimum atomic E-state index is -4.08. The van der Waals surface area contributed by atoms with Crippen LogP contribution in [-0.4, -0.2) is 34.5 Å². The third kappa shape index (κ3) is 5.24. The van der Waals surface area contributed by atoms with Crippen LogP contribution < -0.4 is 20.1 Å². The van der Waals surface area contributed by atoms with E-state index in [0.717, 1.165) is 5.76 Å². The number of anilines is 2. The van der Waals surface area contributed by atoms with E-state index in [1.54, 1.807) is 31.2 Å². The van der Waals surface area contributed by atoms with E-state index in [1.165, 1.54) is 31.4 Å². The van der Waals surface area contributed by atoms with Crippen LogP contribution in [0.2, 0.25) is 5.02 Å². The average Bonchev–Trinajstić information content (AvgIpc) is 3.20. The lowest BCUT2D eigenvalue weighted by Crippen LogP contribution is -2.35. The van der Waals surface area contributed by atoms with Crippen LogP contribution in [0.4, 0.5) is 11.4 Å². The van der Waals surface area contributed by atoms with Gasteiger partial charge in [-0.1, -0.05) is 11.6 Å².